The van der Waals surface area contributed by atoms with E-state index in [9.17, 15) is 13.6 Å². The van der Waals surface area contributed by atoms with Crippen LogP contribution in [0.5, 0.6) is 0 Å². The van der Waals surface area contributed by atoms with Gasteiger partial charge in [0.2, 0.25) is 5.91 Å². The molecule has 0 radical (unpaired) electrons. The lowest BCUT2D eigenvalue weighted by atomic mass is 10.1. The van der Waals surface area contributed by atoms with Gasteiger partial charge >= 0.3 is 0 Å². The highest BCUT2D eigenvalue weighted by Gasteiger charge is 2.17. The molecule has 4 nitrogen and oxygen atoms in total. The molecule has 1 atom stereocenters. The van der Waals surface area contributed by atoms with Gasteiger partial charge in [0, 0.05) is 12.6 Å². The van der Waals surface area contributed by atoms with Gasteiger partial charge in [0.05, 0.1) is 6.54 Å². The van der Waals surface area contributed by atoms with E-state index in [-0.39, 0.29) is 25.0 Å². The normalized spacial score (nSPS) is 19.6. The molecule has 1 amide bonds. The maximum atomic E-state index is 12.0. The second kappa shape index (κ2) is 8.37. The van der Waals surface area contributed by atoms with E-state index in [1.54, 1.807) is 0 Å². The Morgan fingerprint density at radius 2 is 1.83 bits per heavy atom. The van der Waals surface area contributed by atoms with Gasteiger partial charge in [-0.1, -0.05) is 25.7 Å². The summed E-state index contributed by atoms with van der Waals surface area (Å²) in [7, 11) is 0. The Bertz CT molecular complexity index is 244. The molecule has 1 aliphatic carbocycles. The number of rotatable bonds is 6. The van der Waals surface area contributed by atoms with Crippen molar-refractivity contribution in [2.24, 2.45) is 0 Å². The van der Waals surface area contributed by atoms with Crippen LogP contribution in [0.15, 0.2) is 0 Å². The van der Waals surface area contributed by atoms with E-state index in [1.165, 1.54) is 12.8 Å². The van der Waals surface area contributed by atoms with Gasteiger partial charge in [-0.05, 0) is 12.8 Å². The molecule has 106 valence electrons. The zero-order chi connectivity index (χ0) is 13.4. The summed E-state index contributed by atoms with van der Waals surface area (Å²) in [4.78, 5) is 11.5. The molecular formula is C12H22F2N2O2. The highest BCUT2D eigenvalue weighted by atomic mass is 19.3. The Kier molecular flexibility index (Phi) is 7.12. The van der Waals surface area contributed by atoms with Crippen LogP contribution in [0.4, 0.5) is 8.78 Å². The number of carbonyl (C=O) groups excluding carboxylic acids is 1. The number of aliphatic hydroxyl groups is 1. The Hall–Kier alpha value is -0.750. The van der Waals surface area contributed by atoms with Crippen molar-refractivity contribution in [3.8, 4) is 0 Å². The largest absolute Gasteiger partial charge is 0.386 e. The first-order valence-electron chi connectivity index (χ1n) is 6.56. The number of hydrogen-bond acceptors (Lipinski definition) is 3. The van der Waals surface area contributed by atoms with E-state index in [0.717, 1.165) is 25.7 Å². The van der Waals surface area contributed by atoms with Crippen LogP contribution >= 0.6 is 0 Å². The van der Waals surface area contributed by atoms with Crippen LogP contribution in [0.3, 0.4) is 0 Å². The zero-order valence-electron chi connectivity index (χ0n) is 10.5. The van der Waals surface area contributed by atoms with Crippen LogP contribution in [0.25, 0.3) is 0 Å². The summed E-state index contributed by atoms with van der Waals surface area (Å²) in [6, 6.07) is 0.210. The Morgan fingerprint density at radius 1 is 1.22 bits per heavy atom. The number of aliphatic hydroxyl groups excluding tert-OH is 1. The summed E-state index contributed by atoms with van der Waals surface area (Å²) < 4.78 is 24.0. The summed E-state index contributed by atoms with van der Waals surface area (Å²) in [6.07, 6.45) is 2.18. The van der Waals surface area contributed by atoms with Crippen molar-refractivity contribution in [3.05, 3.63) is 0 Å². The van der Waals surface area contributed by atoms with Crippen LogP contribution in [0.1, 0.15) is 38.5 Å². The standard InChI is InChI=1S/C12H22F2N2O2/c13-12(14)10(17)7-15-8-11(18)16-9-5-3-1-2-4-6-9/h9-10,12,15,17H,1-8H2,(H,16,18). The van der Waals surface area contributed by atoms with E-state index in [0.29, 0.717) is 0 Å². The molecule has 18 heavy (non-hydrogen) atoms. The minimum Gasteiger partial charge on any atom is -0.386 e. The lowest BCUT2D eigenvalue weighted by Crippen LogP contribution is -2.42. The molecule has 0 spiro atoms. The fraction of sp³-hybridized carbons (Fsp3) is 0.917. The van der Waals surface area contributed by atoms with Gasteiger partial charge in [-0.15, -0.1) is 0 Å². The molecule has 0 aromatic carbocycles. The van der Waals surface area contributed by atoms with E-state index in [2.05, 4.69) is 10.6 Å². The molecule has 0 aromatic rings. The van der Waals surface area contributed by atoms with E-state index in [4.69, 9.17) is 5.11 Å². The molecule has 1 saturated carbocycles. The molecule has 1 fully saturated rings. The van der Waals surface area contributed by atoms with Crippen LogP contribution < -0.4 is 10.6 Å². The Morgan fingerprint density at radius 3 is 2.39 bits per heavy atom. The number of amides is 1. The minimum atomic E-state index is -2.78. The molecule has 0 heterocycles. The van der Waals surface area contributed by atoms with Crippen LogP contribution in [-0.4, -0.2) is 42.7 Å². The predicted octanol–water partition coefficient (Wildman–Crippen LogP) is 1.04. The smallest absolute Gasteiger partial charge is 0.265 e. The molecule has 6 heteroatoms. The average Bonchev–Trinajstić information content (AvgIpc) is 2.57. The fourth-order valence-electron chi connectivity index (χ4n) is 2.13. The van der Waals surface area contributed by atoms with Gasteiger partial charge in [0.25, 0.3) is 6.43 Å². The molecule has 1 rings (SSSR count). The predicted molar refractivity (Wildman–Crippen MR) is 64.5 cm³/mol. The van der Waals surface area contributed by atoms with Crippen LogP contribution in [0, 0.1) is 0 Å². The van der Waals surface area contributed by atoms with Crippen molar-refractivity contribution >= 4 is 5.91 Å². The third-order valence-electron chi connectivity index (χ3n) is 3.15. The lowest BCUT2D eigenvalue weighted by molar-refractivity contribution is -0.121. The van der Waals surface area contributed by atoms with Crippen LogP contribution in [-0.2, 0) is 4.79 Å². The second-order valence-corrected chi connectivity index (χ2v) is 4.79. The molecule has 3 N–H and O–H groups in total. The van der Waals surface area contributed by atoms with Crippen molar-refractivity contribution in [3.63, 3.8) is 0 Å². The van der Waals surface area contributed by atoms with Gasteiger partial charge in [-0.25, -0.2) is 8.78 Å². The minimum absolute atomic E-state index is 0.0275. The molecule has 0 bridgehead atoms. The number of hydrogen-bond donors (Lipinski definition) is 3. The van der Waals surface area contributed by atoms with Gasteiger partial charge in [0.15, 0.2) is 0 Å². The quantitative estimate of drug-likeness (QED) is 0.628. The lowest BCUT2D eigenvalue weighted by Gasteiger charge is -2.17. The molecule has 0 saturated heterocycles. The van der Waals surface area contributed by atoms with Crippen molar-refractivity contribution in [2.45, 2.75) is 57.1 Å². The van der Waals surface area contributed by atoms with E-state index < -0.39 is 12.5 Å². The second-order valence-electron chi connectivity index (χ2n) is 4.79. The Balaban J connectivity index is 2.12. The highest BCUT2D eigenvalue weighted by Crippen LogP contribution is 2.16. The number of alkyl halides is 2. The first-order chi connectivity index (χ1) is 8.59. The third kappa shape index (κ3) is 6.26. The number of halogens is 2. The van der Waals surface area contributed by atoms with Gasteiger partial charge < -0.3 is 15.7 Å². The van der Waals surface area contributed by atoms with E-state index in [1.807, 2.05) is 0 Å². The summed E-state index contributed by atoms with van der Waals surface area (Å²) >= 11 is 0. The molecule has 0 aromatic heterocycles. The fourth-order valence-corrected chi connectivity index (χ4v) is 2.13. The highest BCUT2D eigenvalue weighted by molar-refractivity contribution is 5.78. The average molecular weight is 264 g/mol. The maximum absolute atomic E-state index is 12.0. The van der Waals surface area contributed by atoms with Crippen molar-refractivity contribution < 1.29 is 18.7 Å². The van der Waals surface area contributed by atoms with E-state index >= 15 is 0 Å². The topological polar surface area (TPSA) is 61.4 Å². The maximum Gasteiger partial charge on any atom is 0.265 e. The summed E-state index contributed by atoms with van der Waals surface area (Å²) in [5.41, 5.74) is 0. The van der Waals surface area contributed by atoms with Crippen molar-refractivity contribution in [2.75, 3.05) is 13.1 Å². The molecule has 1 unspecified atom stereocenters. The molecule has 0 aliphatic heterocycles. The zero-order valence-corrected chi connectivity index (χ0v) is 10.5. The van der Waals surface area contributed by atoms with Crippen LogP contribution in [0.2, 0.25) is 0 Å². The molecule has 1 aliphatic rings. The summed E-state index contributed by atoms with van der Waals surface area (Å²) in [6.45, 7) is -0.296. The van der Waals surface area contributed by atoms with Crippen molar-refractivity contribution in [1.82, 2.24) is 10.6 Å². The monoisotopic (exact) mass is 264 g/mol. The third-order valence-corrected chi connectivity index (χ3v) is 3.15. The van der Waals surface area contributed by atoms with Gasteiger partial charge in [-0.2, -0.15) is 0 Å². The van der Waals surface area contributed by atoms with Crippen molar-refractivity contribution in [1.29, 1.82) is 0 Å². The number of nitrogens with one attached hydrogen (secondary N) is 2. The SMILES string of the molecule is O=C(CNCC(O)C(F)F)NC1CCCCCC1. The first kappa shape index (κ1) is 15.3. The van der Waals surface area contributed by atoms with Gasteiger partial charge in [0.1, 0.15) is 6.10 Å². The summed E-state index contributed by atoms with van der Waals surface area (Å²) in [5.74, 6) is -0.191. The Labute approximate surface area is 106 Å². The number of carbonyl (C=O) groups is 1. The molecular weight excluding hydrogens is 242 g/mol. The first-order valence-corrected chi connectivity index (χ1v) is 6.56. The van der Waals surface area contributed by atoms with Gasteiger partial charge in [-0.3, -0.25) is 4.79 Å². The summed E-state index contributed by atoms with van der Waals surface area (Å²) in [5, 5.41) is 14.3.